The van der Waals surface area contributed by atoms with Gasteiger partial charge in [-0.1, -0.05) is 0 Å². The molecule has 7 heteroatoms. The van der Waals surface area contributed by atoms with E-state index in [1.807, 2.05) is 0 Å². The normalized spacial score (nSPS) is 12.8. The Balaban J connectivity index is 3.45. The van der Waals surface area contributed by atoms with Gasteiger partial charge in [0, 0.05) is 12.8 Å². The van der Waals surface area contributed by atoms with E-state index in [0.29, 0.717) is 6.07 Å². The summed E-state index contributed by atoms with van der Waals surface area (Å²) in [5.41, 5.74) is 4.34. The van der Waals surface area contributed by atoms with Crippen molar-refractivity contribution in [2.75, 3.05) is 6.26 Å². The summed E-state index contributed by atoms with van der Waals surface area (Å²) in [6.07, 6.45) is -3.73. The maximum Gasteiger partial charge on any atom is 0.416 e. The summed E-state index contributed by atoms with van der Waals surface area (Å²) in [5, 5.41) is 0. The van der Waals surface area contributed by atoms with Crippen LogP contribution in [-0.4, -0.2) is 14.7 Å². The van der Waals surface area contributed by atoms with Crippen LogP contribution in [0.4, 0.5) is 13.2 Å². The molecule has 0 aliphatic heterocycles. The zero-order valence-electron chi connectivity index (χ0n) is 8.38. The summed E-state index contributed by atoms with van der Waals surface area (Å²) in [7, 11) is -3.67. The van der Waals surface area contributed by atoms with Gasteiger partial charge in [0.25, 0.3) is 0 Å². The van der Waals surface area contributed by atoms with Gasteiger partial charge in [-0.05, 0) is 23.8 Å². The highest BCUT2D eigenvalue weighted by Gasteiger charge is 2.31. The summed E-state index contributed by atoms with van der Waals surface area (Å²) >= 11 is 0. The van der Waals surface area contributed by atoms with E-state index < -0.39 is 21.6 Å². The molecule has 0 saturated carbocycles. The number of nitrogens with two attached hydrogens (primary N) is 1. The molecule has 0 aliphatic rings. The Labute approximate surface area is 91.0 Å². The number of hydrogen-bond acceptors (Lipinski definition) is 3. The average molecular weight is 253 g/mol. The highest BCUT2D eigenvalue weighted by molar-refractivity contribution is 7.90. The fourth-order valence-electron chi connectivity index (χ4n) is 1.16. The molecular weight excluding hydrogens is 243 g/mol. The van der Waals surface area contributed by atoms with Gasteiger partial charge < -0.3 is 5.73 Å². The first-order valence-electron chi connectivity index (χ1n) is 4.26. The first-order valence-corrected chi connectivity index (χ1v) is 6.15. The van der Waals surface area contributed by atoms with Crippen LogP contribution in [0.15, 0.2) is 23.1 Å². The third-order valence-electron chi connectivity index (χ3n) is 1.96. The quantitative estimate of drug-likeness (QED) is 0.870. The molecule has 0 aromatic heterocycles. The lowest BCUT2D eigenvalue weighted by Gasteiger charge is -2.10. The Morgan fingerprint density at radius 2 is 1.81 bits per heavy atom. The van der Waals surface area contributed by atoms with E-state index in [9.17, 15) is 21.6 Å². The smallest absolute Gasteiger partial charge is 0.326 e. The highest BCUT2D eigenvalue weighted by Crippen LogP contribution is 2.31. The molecule has 3 nitrogen and oxygen atoms in total. The number of rotatable bonds is 2. The molecule has 0 aliphatic carbocycles. The van der Waals surface area contributed by atoms with Crippen LogP contribution in [0.3, 0.4) is 0 Å². The fraction of sp³-hybridized carbons (Fsp3) is 0.333. The van der Waals surface area contributed by atoms with Crippen LogP contribution in [0.1, 0.15) is 11.1 Å². The van der Waals surface area contributed by atoms with Gasteiger partial charge in [-0.3, -0.25) is 0 Å². The Morgan fingerprint density at radius 1 is 1.25 bits per heavy atom. The molecule has 1 aromatic carbocycles. The Kier molecular flexibility index (Phi) is 3.30. The predicted octanol–water partition coefficient (Wildman–Crippen LogP) is 1.57. The molecule has 1 aromatic rings. The lowest BCUT2D eigenvalue weighted by Crippen LogP contribution is -2.10. The van der Waals surface area contributed by atoms with Crippen LogP contribution in [0.5, 0.6) is 0 Å². The third kappa shape index (κ3) is 2.96. The molecule has 0 heterocycles. The molecule has 0 saturated heterocycles. The van der Waals surface area contributed by atoms with Crippen molar-refractivity contribution in [3.8, 4) is 0 Å². The van der Waals surface area contributed by atoms with E-state index >= 15 is 0 Å². The van der Waals surface area contributed by atoms with Gasteiger partial charge in [-0.25, -0.2) is 8.42 Å². The first-order chi connectivity index (χ1) is 7.14. The Morgan fingerprint density at radius 3 is 2.19 bits per heavy atom. The van der Waals surface area contributed by atoms with E-state index in [-0.39, 0.29) is 17.0 Å². The molecule has 0 amide bonds. The van der Waals surface area contributed by atoms with E-state index in [1.165, 1.54) is 0 Å². The lowest BCUT2D eigenvalue weighted by molar-refractivity contribution is -0.137. The van der Waals surface area contributed by atoms with Crippen molar-refractivity contribution >= 4 is 9.84 Å². The zero-order valence-corrected chi connectivity index (χ0v) is 9.19. The Hall–Kier alpha value is -1.08. The van der Waals surface area contributed by atoms with Gasteiger partial charge in [-0.15, -0.1) is 0 Å². The van der Waals surface area contributed by atoms with Crippen molar-refractivity contribution < 1.29 is 21.6 Å². The van der Waals surface area contributed by atoms with E-state index in [2.05, 4.69) is 0 Å². The van der Waals surface area contributed by atoms with Gasteiger partial charge in [-0.2, -0.15) is 13.2 Å². The Bertz CT molecular complexity index is 494. The minimum Gasteiger partial charge on any atom is -0.326 e. The van der Waals surface area contributed by atoms with Crippen molar-refractivity contribution in [1.29, 1.82) is 0 Å². The summed E-state index contributed by atoms with van der Waals surface area (Å²) in [6.45, 7) is -0.146. The van der Waals surface area contributed by atoms with E-state index in [1.54, 1.807) is 0 Å². The topological polar surface area (TPSA) is 60.2 Å². The molecule has 0 spiro atoms. The lowest BCUT2D eigenvalue weighted by atomic mass is 10.1. The van der Waals surface area contributed by atoms with Crippen molar-refractivity contribution in [3.63, 3.8) is 0 Å². The highest BCUT2D eigenvalue weighted by atomic mass is 32.2. The van der Waals surface area contributed by atoms with Gasteiger partial charge >= 0.3 is 6.18 Å². The molecule has 0 unspecified atom stereocenters. The minimum absolute atomic E-state index is 0.134. The minimum atomic E-state index is -4.58. The molecule has 16 heavy (non-hydrogen) atoms. The van der Waals surface area contributed by atoms with Crippen molar-refractivity contribution in [1.82, 2.24) is 0 Å². The van der Waals surface area contributed by atoms with Gasteiger partial charge in [0.15, 0.2) is 9.84 Å². The SMILES string of the molecule is CS(=O)(=O)c1cc(CN)cc(C(F)(F)F)c1. The van der Waals surface area contributed by atoms with Crippen LogP contribution in [0.25, 0.3) is 0 Å². The second kappa shape index (κ2) is 4.06. The predicted molar refractivity (Wildman–Crippen MR) is 52.4 cm³/mol. The number of halogens is 3. The van der Waals surface area contributed by atoms with Crippen LogP contribution in [-0.2, 0) is 22.6 Å². The van der Waals surface area contributed by atoms with Crippen LogP contribution in [0.2, 0.25) is 0 Å². The monoisotopic (exact) mass is 253 g/mol. The molecule has 0 atom stereocenters. The van der Waals surface area contributed by atoms with Crippen LogP contribution in [0, 0.1) is 0 Å². The summed E-state index contributed by atoms with van der Waals surface area (Å²) in [6, 6.07) is 2.59. The number of benzene rings is 1. The van der Waals surface area contributed by atoms with Gasteiger partial charge in [0.1, 0.15) is 0 Å². The molecule has 0 fully saturated rings. The van der Waals surface area contributed by atoms with Crippen molar-refractivity contribution in [3.05, 3.63) is 29.3 Å². The van der Waals surface area contributed by atoms with Crippen LogP contribution < -0.4 is 5.73 Å². The second-order valence-electron chi connectivity index (χ2n) is 3.34. The summed E-state index contributed by atoms with van der Waals surface area (Å²) in [4.78, 5) is -0.372. The second-order valence-corrected chi connectivity index (χ2v) is 5.36. The zero-order chi connectivity index (χ0) is 12.6. The number of hydrogen-bond donors (Lipinski definition) is 1. The first kappa shape index (κ1) is 13.0. The number of alkyl halides is 3. The molecule has 1 rings (SSSR count). The standard InChI is InChI=1S/C9H10F3NO2S/c1-16(14,15)8-3-6(5-13)2-7(4-8)9(10,11)12/h2-4H,5,13H2,1H3. The molecular formula is C9H10F3NO2S. The number of sulfone groups is 1. The maximum atomic E-state index is 12.4. The average Bonchev–Trinajstić information content (AvgIpc) is 2.14. The fourth-order valence-corrected chi connectivity index (χ4v) is 1.86. The van der Waals surface area contributed by atoms with Crippen LogP contribution >= 0.6 is 0 Å². The molecule has 0 bridgehead atoms. The molecule has 0 radical (unpaired) electrons. The van der Waals surface area contributed by atoms with E-state index in [0.717, 1.165) is 18.4 Å². The van der Waals surface area contributed by atoms with Crippen molar-refractivity contribution in [2.45, 2.75) is 17.6 Å². The summed E-state index contributed by atoms with van der Waals surface area (Å²) < 4.78 is 59.7. The summed E-state index contributed by atoms with van der Waals surface area (Å²) in [5.74, 6) is 0. The molecule has 90 valence electrons. The van der Waals surface area contributed by atoms with Gasteiger partial charge in [0.2, 0.25) is 0 Å². The maximum absolute atomic E-state index is 12.4. The van der Waals surface area contributed by atoms with Gasteiger partial charge in [0.05, 0.1) is 10.5 Å². The third-order valence-corrected chi connectivity index (χ3v) is 3.05. The largest absolute Gasteiger partial charge is 0.416 e. The molecule has 2 N–H and O–H groups in total. The van der Waals surface area contributed by atoms with Crippen molar-refractivity contribution in [2.24, 2.45) is 5.73 Å². The van der Waals surface area contributed by atoms with E-state index in [4.69, 9.17) is 5.73 Å².